The molecule has 2 aliphatic rings. The number of phenolic OH excluding ortho intramolecular Hbond substituents is 6. The van der Waals surface area contributed by atoms with Crippen LogP contribution in [0.5, 0.6) is 69.0 Å². The molecule has 6 N–H and O–H groups in total. The Morgan fingerprint density at radius 3 is 1.23 bits per heavy atom. The Kier molecular flexibility index (Phi) is 13.6. The van der Waals surface area contributed by atoms with Gasteiger partial charge in [-0.1, -0.05) is 32.0 Å². The number of phenols is 6. The first-order valence-electron chi connectivity index (χ1n) is 21.7. The number of methoxy groups -OCH3 is 4. The van der Waals surface area contributed by atoms with Gasteiger partial charge in [-0.25, -0.2) is 4.39 Å². The fourth-order valence-corrected chi connectivity index (χ4v) is 9.37. The number of ether oxygens (including phenoxy) is 6. The minimum atomic E-state index is -0.716. The second-order valence-electron chi connectivity index (χ2n) is 16.7. The number of aryl methyl sites for hydroxylation is 3. The lowest BCUT2D eigenvalue weighted by Crippen LogP contribution is -2.26. The molecule has 6 aromatic carbocycles. The van der Waals surface area contributed by atoms with E-state index in [1.54, 1.807) is 31.2 Å². The molecule has 348 valence electrons. The summed E-state index contributed by atoms with van der Waals surface area (Å²) in [6.45, 7) is 10.1. The highest BCUT2D eigenvalue weighted by atomic mass is 19.1. The summed E-state index contributed by atoms with van der Waals surface area (Å²) in [7, 11) is 5.92. The first-order valence-corrected chi connectivity index (χ1v) is 21.7. The van der Waals surface area contributed by atoms with Crippen LogP contribution < -0.4 is 28.4 Å². The van der Waals surface area contributed by atoms with Gasteiger partial charge >= 0.3 is 0 Å². The van der Waals surface area contributed by atoms with Crippen molar-refractivity contribution in [2.75, 3.05) is 41.7 Å². The molecule has 4 atom stereocenters. The van der Waals surface area contributed by atoms with Crippen LogP contribution in [-0.4, -0.2) is 72.3 Å². The zero-order valence-corrected chi connectivity index (χ0v) is 38.6. The van der Waals surface area contributed by atoms with Crippen molar-refractivity contribution in [3.05, 3.63) is 140 Å². The molecule has 6 aromatic rings. The Bertz CT molecular complexity index is 2550. The van der Waals surface area contributed by atoms with E-state index in [4.69, 9.17) is 28.4 Å². The standard InChI is InChI=1S/C27H30O6.C26H27FO6/c1-6-16-10-19-24(17-7-8-21(28)14(2)9-17)20(13-33-27(19)15(3)25(16)29)18-11-22(31-4)26(30)23(12-18)32-5;1-5-14-8-17-23(15-6-7-20(28)19(27)9-15)18(12-33-26(17)13(2)24(14)29)16-10-21(31-3)25(30)22(11-16)32-4/h7-12,20,24,28-30H,6,13H2,1-5H3;6-11,18,23,28-30H,5,12H2,1-4H3. The average molecular weight is 905 g/mol. The average Bonchev–Trinajstić information content (AvgIpc) is 3.32. The molecule has 13 heteroatoms. The van der Waals surface area contributed by atoms with Crippen LogP contribution in [0, 0.1) is 26.6 Å². The molecule has 66 heavy (non-hydrogen) atoms. The monoisotopic (exact) mass is 904 g/mol. The van der Waals surface area contributed by atoms with Crippen LogP contribution in [0.15, 0.2) is 72.8 Å². The van der Waals surface area contributed by atoms with E-state index in [1.165, 1.54) is 40.6 Å². The van der Waals surface area contributed by atoms with Crippen LogP contribution in [0.4, 0.5) is 4.39 Å². The maximum Gasteiger partial charge on any atom is 0.200 e. The second-order valence-corrected chi connectivity index (χ2v) is 16.7. The van der Waals surface area contributed by atoms with Crippen molar-refractivity contribution < 1.29 is 63.5 Å². The summed E-state index contributed by atoms with van der Waals surface area (Å²) < 4.78 is 48.3. The van der Waals surface area contributed by atoms with Crippen LogP contribution in [0.25, 0.3) is 0 Å². The molecule has 12 nitrogen and oxygen atoms in total. The van der Waals surface area contributed by atoms with E-state index in [0.717, 1.165) is 50.1 Å². The first kappa shape index (κ1) is 46.8. The van der Waals surface area contributed by atoms with Crippen molar-refractivity contribution in [1.82, 2.24) is 0 Å². The lowest BCUT2D eigenvalue weighted by atomic mass is 9.74. The number of hydrogen-bond donors (Lipinski definition) is 6. The normalized spacial score (nSPS) is 17.2. The maximum atomic E-state index is 14.4. The quantitative estimate of drug-likeness (QED) is 0.0768. The Morgan fingerprint density at radius 1 is 0.500 bits per heavy atom. The molecule has 0 spiro atoms. The predicted octanol–water partition coefficient (Wildman–Crippen LogP) is 10.4. The molecule has 0 aliphatic carbocycles. The maximum absolute atomic E-state index is 14.4. The Hall–Kier alpha value is -7.15. The van der Waals surface area contributed by atoms with E-state index >= 15 is 0 Å². The van der Waals surface area contributed by atoms with Crippen LogP contribution in [0.1, 0.15) is 98.7 Å². The largest absolute Gasteiger partial charge is 0.508 e. The second kappa shape index (κ2) is 19.1. The minimum absolute atomic E-state index is 0.0491. The highest BCUT2D eigenvalue weighted by molar-refractivity contribution is 5.63. The van der Waals surface area contributed by atoms with E-state index in [1.807, 2.05) is 64.1 Å². The molecule has 0 aromatic heterocycles. The molecule has 0 saturated carbocycles. The number of fused-ring (bicyclic) bond motifs is 2. The molecule has 0 bridgehead atoms. The molecule has 0 radical (unpaired) electrons. The van der Waals surface area contributed by atoms with Crippen LogP contribution in [0.2, 0.25) is 0 Å². The summed E-state index contributed by atoms with van der Waals surface area (Å²) in [5.41, 5.74) is 8.90. The van der Waals surface area contributed by atoms with Gasteiger partial charge in [0.15, 0.2) is 34.6 Å². The molecular formula is C53H57FO12. The van der Waals surface area contributed by atoms with Gasteiger partial charge in [-0.15, -0.1) is 0 Å². The van der Waals surface area contributed by atoms with E-state index in [2.05, 4.69) is 0 Å². The van der Waals surface area contributed by atoms with E-state index in [-0.39, 0.29) is 70.5 Å². The predicted molar refractivity (Wildman–Crippen MR) is 248 cm³/mol. The summed E-state index contributed by atoms with van der Waals surface area (Å²) in [6.07, 6.45) is 1.30. The molecule has 2 heterocycles. The Labute approximate surface area is 384 Å². The number of hydrogen-bond acceptors (Lipinski definition) is 12. The molecule has 8 rings (SSSR count). The highest BCUT2D eigenvalue weighted by Crippen LogP contribution is 2.54. The lowest BCUT2D eigenvalue weighted by molar-refractivity contribution is 0.244. The smallest absolute Gasteiger partial charge is 0.200 e. The highest BCUT2D eigenvalue weighted by Gasteiger charge is 2.38. The van der Waals surface area contributed by atoms with Crippen LogP contribution >= 0.6 is 0 Å². The SMILES string of the molecule is CCc1cc2c(c(C)c1O)OCC(c1cc(OC)c(O)c(OC)c1)C2c1ccc(O)c(C)c1.CCc1cc2c(c(C)c1O)OCC(c1cc(OC)c(O)c(OC)c1)C2c1ccc(O)c(F)c1. The fraction of sp³-hybridized carbons (Fsp3) is 0.321. The summed E-state index contributed by atoms with van der Waals surface area (Å²) in [4.78, 5) is 0. The van der Waals surface area contributed by atoms with Gasteiger partial charge < -0.3 is 59.1 Å². The molecule has 0 fully saturated rings. The molecule has 4 unspecified atom stereocenters. The van der Waals surface area contributed by atoms with Gasteiger partial charge in [0.05, 0.1) is 41.7 Å². The van der Waals surface area contributed by atoms with Gasteiger partial charge in [-0.3, -0.25) is 0 Å². The lowest BCUT2D eigenvalue weighted by Gasteiger charge is -2.36. The summed E-state index contributed by atoms with van der Waals surface area (Å²) in [5, 5.41) is 61.9. The summed E-state index contributed by atoms with van der Waals surface area (Å²) in [5.74, 6) is 0.927. The molecular weight excluding hydrogens is 848 g/mol. The zero-order chi connectivity index (χ0) is 47.7. The van der Waals surface area contributed by atoms with E-state index in [9.17, 15) is 35.0 Å². The number of benzene rings is 6. The van der Waals surface area contributed by atoms with Crippen molar-refractivity contribution in [2.45, 2.75) is 71.1 Å². The van der Waals surface area contributed by atoms with Gasteiger partial charge in [0.2, 0.25) is 11.5 Å². The van der Waals surface area contributed by atoms with Crippen molar-refractivity contribution >= 4 is 0 Å². The van der Waals surface area contributed by atoms with Crippen molar-refractivity contribution in [3.8, 4) is 69.0 Å². The van der Waals surface area contributed by atoms with Crippen molar-refractivity contribution in [1.29, 1.82) is 0 Å². The van der Waals surface area contributed by atoms with Crippen LogP contribution in [-0.2, 0) is 12.8 Å². The number of aromatic hydroxyl groups is 6. The Balaban J connectivity index is 0.000000196. The number of halogens is 1. The van der Waals surface area contributed by atoms with Gasteiger partial charge in [-0.2, -0.15) is 0 Å². The van der Waals surface area contributed by atoms with Gasteiger partial charge in [0, 0.05) is 45.9 Å². The summed E-state index contributed by atoms with van der Waals surface area (Å²) in [6, 6.07) is 21.0. The van der Waals surface area contributed by atoms with Crippen molar-refractivity contribution in [2.24, 2.45) is 0 Å². The zero-order valence-electron chi connectivity index (χ0n) is 38.6. The minimum Gasteiger partial charge on any atom is -0.508 e. The Morgan fingerprint density at radius 2 is 0.879 bits per heavy atom. The van der Waals surface area contributed by atoms with Crippen LogP contribution in [0.3, 0.4) is 0 Å². The molecule has 0 saturated heterocycles. The number of rotatable bonds is 10. The van der Waals surface area contributed by atoms with Gasteiger partial charge in [0.1, 0.15) is 28.7 Å². The first-order chi connectivity index (χ1) is 31.6. The van der Waals surface area contributed by atoms with Gasteiger partial charge in [0.25, 0.3) is 0 Å². The third kappa shape index (κ3) is 8.45. The molecule has 2 aliphatic heterocycles. The van der Waals surface area contributed by atoms with Gasteiger partial charge in [-0.05, 0) is 127 Å². The van der Waals surface area contributed by atoms with E-state index in [0.29, 0.717) is 53.6 Å². The van der Waals surface area contributed by atoms with E-state index < -0.39 is 11.6 Å². The third-order valence-corrected chi connectivity index (χ3v) is 13.0. The molecule has 0 amide bonds. The third-order valence-electron chi connectivity index (χ3n) is 13.0. The fourth-order valence-electron chi connectivity index (χ4n) is 9.37. The van der Waals surface area contributed by atoms with Crippen molar-refractivity contribution in [3.63, 3.8) is 0 Å². The topological polar surface area (TPSA) is 177 Å². The summed E-state index contributed by atoms with van der Waals surface area (Å²) >= 11 is 0.